The molecule has 1 aromatic carbocycles. The summed E-state index contributed by atoms with van der Waals surface area (Å²) in [7, 11) is 0. The van der Waals surface area contributed by atoms with Crippen LogP contribution in [0.1, 0.15) is 43.5 Å². The molecule has 0 fully saturated rings. The Morgan fingerprint density at radius 1 is 1.10 bits per heavy atom. The maximum Gasteiger partial charge on any atom is 0.255 e. The van der Waals surface area contributed by atoms with Crippen LogP contribution in [-0.4, -0.2) is 33.2 Å². The number of aromatic nitrogens is 3. The molecule has 2 aromatic heterocycles. The highest BCUT2D eigenvalue weighted by Crippen LogP contribution is 2.35. The SMILES string of the molecule is CC(C)(C)c1nc2c(c(=O)[nH]1)CN(Cc1cccc(-c3ccc4c(c3)OCO4)n1)CC2. The number of nitrogens with zero attached hydrogens (tertiary/aromatic N) is 3. The van der Waals surface area contributed by atoms with Crippen LogP contribution < -0.4 is 15.0 Å². The third kappa shape index (κ3) is 3.93. The summed E-state index contributed by atoms with van der Waals surface area (Å²) in [5, 5.41) is 0. The largest absolute Gasteiger partial charge is 0.454 e. The van der Waals surface area contributed by atoms with Crippen molar-refractivity contribution >= 4 is 0 Å². The van der Waals surface area contributed by atoms with Crippen LogP contribution in [0.15, 0.2) is 41.2 Å². The first-order chi connectivity index (χ1) is 14.9. The zero-order valence-corrected chi connectivity index (χ0v) is 18.1. The van der Waals surface area contributed by atoms with Crippen LogP contribution in [0.25, 0.3) is 11.3 Å². The fraction of sp³-hybridized carbons (Fsp3) is 0.375. The van der Waals surface area contributed by atoms with Gasteiger partial charge in [0.15, 0.2) is 11.5 Å². The molecule has 0 bridgehead atoms. The summed E-state index contributed by atoms with van der Waals surface area (Å²) in [6, 6.07) is 11.9. The first-order valence-electron chi connectivity index (χ1n) is 10.6. The fourth-order valence-corrected chi connectivity index (χ4v) is 3.98. The van der Waals surface area contributed by atoms with Crippen LogP contribution in [0.4, 0.5) is 0 Å². The minimum absolute atomic E-state index is 0.0262. The summed E-state index contributed by atoms with van der Waals surface area (Å²) in [5.41, 5.74) is 4.34. The third-order valence-electron chi connectivity index (χ3n) is 5.72. The lowest BCUT2D eigenvalue weighted by molar-refractivity contribution is 0.174. The van der Waals surface area contributed by atoms with Crippen molar-refractivity contribution in [3.63, 3.8) is 0 Å². The van der Waals surface area contributed by atoms with Crippen molar-refractivity contribution in [2.45, 2.75) is 45.7 Å². The number of rotatable bonds is 3. The van der Waals surface area contributed by atoms with Gasteiger partial charge in [0.1, 0.15) is 5.82 Å². The van der Waals surface area contributed by atoms with Gasteiger partial charge in [-0.05, 0) is 30.3 Å². The highest BCUT2D eigenvalue weighted by Gasteiger charge is 2.25. The lowest BCUT2D eigenvalue weighted by Gasteiger charge is -2.28. The van der Waals surface area contributed by atoms with Gasteiger partial charge in [0.2, 0.25) is 6.79 Å². The molecule has 4 heterocycles. The van der Waals surface area contributed by atoms with E-state index >= 15 is 0 Å². The number of fused-ring (bicyclic) bond motifs is 2. The molecule has 0 saturated carbocycles. The van der Waals surface area contributed by atoms with E-state index in [-0.39, 0.29) is 17.8 Å². The topological polar surface area (TPSA) is 80.3 Å². The summed E-state index contributed by atoms with van der Waals surface area (Å²) >= 11 is 0. The van der Waals surface area contributed by atoms with Gasteiger partial charge in [-0.2, -0.15) is 0 Å². The van der Waals surface area contributed by atoms with Gasteiger partial charge in [-0.15, -0.1) is 0 Å². The molecular formula is C24H26N4O3. The highest BCUT2D eigenvalue weighted by molar-refractivity contribution is 5.64. The molecule has 1 N–H and O–H groups in total. The number of H-pyrrole nitrogens is 1. The molecule has 0 amide bonds. The van der Waals surface area contributed by atoms with Crippen LogP contribution in [-0.2, 0) is 24.9 Å². The van der Waals surface area contributed by atoms with Crippen molar-refractivity contribution in [2.75, 3.05) is 13.3 Å². The number of hydrogen-bond acceptors (Lipinski definition) is 6. The summed E-state index contributed by atoms with van der Waals surface area (Å²) in [6.07, 6.45) is 0.768. The Kier molecular flexibility index (Phi) is 4.78. The first kappa shape index (κ1) is 19.8. The van der Waals surface area contributed by atoms with E-state index in [1.165, 1.54) is 0 Å². The van der Waals surface area contributed by atoms with E-state index < -0.39 is 0 Å². The highest BCUT2D eigenvalue weighted by atomic mass is 16.7. The van der Waals surface area contributed by atoms with E-state index in [9.17, 15) is 4.79 Å². The van der Waals surface area contributed by atoms with E-state index in [4.69, 9.17) is 19.4 Å². The van der Waals surface area contributed by atoms with Crippen LogP contribution >= 0.6 is 0 Å². The average Bonchev–Trinajstić information content (AvgIpc) is 3.21. The lowest BCUT2D eigenvalue weighted by Crippen LogP contribution is -2.37. The monoisotopic (exact) mass is 418 g/mol. The quantitative estimate of drug-likeness (QED) is 0.702. The maximum atomic E-state index is 12.7. The van der Waals surface area contributed by atoms with Crippen molar-refractivity contribution < 1.29 is 9.47 Å². The fourth-order valence-electron chi connectivity index (χ4n) is 3.98. The van der Waals surface area contributed by atoms with Gasteiger partial charge in [-0.3, -0.25) is 14.7 Å². The standard InChI is InChI=1S/C24H26N4O3/c1-24(2,3)23-26-19-9-10-28(13-17(19)22(29)27-23)12-16-5-4-6-18(25-16)15-7-8-20-21(11-15)31-14-30-20/h4-8,11H,9-10,12-14H2,1-3H3,(H,26,27,29). The Morgan fingerprint density at radius 2 is 1.94 bits per heavy atom. The number of nitrogens with one attached hydrogen (secondary N) is 1. The zero-order valence-electron chi connectivity index (χ0n) is 18.1. The van der Waals surface area contributed by atoms with Gasteiger partial charge < -0.3 is 14.5 Å². The summed E-state index contributed by atoms with van der Waals surface area (Å²) in [5.74, 6) is 2.27. The molecule has 0 spiro atoms. The van der Waals surface area contributed by atoms with Crippen LogP contribution in [0, 0.1) is 0 Å². The summed E-state index contributed by atoms with van der Waals surface area (Å²) in [6.45, 7) is 8.55. The van der Waals surface area contributed by atoms with Gasteiger partial charge in [0.05, 0.1) is 22.6 Å². The van der Waals surface area contributed by atoms with Gasteiger partial charge in [-0.1, -0.05) is 26.8 Å². The molecule has 5 rings (SSSR count). The van der Waals surface area contributed by atoms with E-state index in [0.717, 1.165) is 58.5 Å². The molecule has 31 heavy (non-hydrogen) atoms. The Morgan fingerprint density at radius 3 is 2.77 bits per heavy atom. The van der Waals surface area contributed by atoms with E-state index in [2.05, 4.69) is 30.7 Å². The van der Waals surface area contributed by atoms with Crippen LogP contribution in [0.2, 0.25) is 0 Å². The number of pyridine rings is 1. The molecule has 0 radical (unpaired) electrons. The molecule has 0 unspecified atom stereocenters. The predicted octanol–water partition coefficient (Wildman–Crippen LogP) is 3.42. The average molecular weight is 418 g/mol. The lowest BCUT2D eigenvalue weighted by atomic mass is 9.95. The molecule has 0 saturated heterocycles. The summed E-state index contributed by atoms with van der Waals surface area (Å²) in [4.78, 5) is 27.5. The molecule has 3 aromatic rings. The second kappa shape index (κ2) is 7.50. The van der Waals surface area contributed by atoms with Gasteiger partial charge in [0, 0.05) is 37.0 Å². The molecule has 2 aliphatic rings. The third-order valence-corrected chi connectivity index (χ3v) is 5.72. The molecule has 0 atom stereocenters. The van der Waals surface area contributed by atoms with Crippen molar-refractivity contribution in [2.24, 2.45) is 0 Å². The Labute approximate surface area is 181 Å². The van der Waals surface area contributed by atoms with Crippen molar-refractivity contribution in [1.29, 1.82) is 0 Å². The van der Waals surface area contributed by atoms with E-state index in [1.807, 2.05) is 36.4 Å². The molecule has 7 nitrogen and oxygen atoms in total. The van der Waals surface area contributed by atoms with Gasteiger partial charge >= 0.3 is 0 Å². The van der Waals surface area contributed by atoms with Crippen LogP contribution in [0.5, 0.6) is 11.5 Å². The predicted molar refractivity (Wildman–Crippen MR) is 117 cm³/mol. The second-order valence-corrected chi connectivity index (χ2v) is 9.13. The molecule has 2 aliphatic heterocycles. The molecular weight excluding hydrogens is 392 g/mol. The zero-order chi connectivity index (χ0) is 21.6. The number of ether oxygens (including phenoxy) is 2. The van der Waals surface area contributed by atoms with E-state index in [0.29, 0.717) is 13.1 Å². The Bertz CT molecular complexity index is 1200. The molecule has 0 aliphatic carbocycles. The number of hydrogen-bond donors (Lipinski definition) is 1. The van der Waals surface area contributed by atoms with Crippen LogP contribution in [0.3, 0.4) is 0 Å². The van der Waals surface area contributed by atoms with Crippen molar-refractivity contribution in [1.82, 2.24) is 19.9 Å². The Hall–Kier alpha value is -3.19. The Balaban J connectivity index is 1.35. The second-order valence-electron chi connectivity index (χ2n) is 9.13. The maximum absolute atomic E-state index is 12.7. The molecule has 160 valence electrons. The van der Waals surface area contributed by atoms with Gasteiger partial charge in [-0.25, -0.2) is 4.98 Å². The minimum Gasteiger partial charge on any atom is -0.454 e. The summed E-state index contributed by atoms with van der Waals surface area (Å²) < 4.78 is 10.9. The smallest absolute Gasteiger partial charge is 0.255 e. The van der Waals surface area contributed by atoms with Gasteiger partial charge in [0.25, 0.3) is 5.56 Å². The number of aromatic amines is 1. The molecule has 7 heteroatoms. The normalized spacial score (nSPS) is 15.7. The van der Waals surface area contributed by atoms with Crippen molar-refractivity contribution in [3.05, 3.63) is 69.5 Å². The van der Waals surface area contributed by atoms with Crippen molar-refractivity contribution in [3.8, 4) is 22.8 Å². The first-order valence-corrected chi connectivity index (χ1v) is 10.6. The minimum atomic E-state index is -0.176. The van der Waals surface area contributed by atoms with E-state index in [1.54, 1.807) is 0 Å². The number of benzene rings is 1.